The Morgan fingerprint density at radius 1 is 1.29 bits per heavy atom. The van der Waals surface area contributed by atoms with E-state index in [2.05, 4.69) is 6.92 Å². The van der Waals surface area contributed by atoms with E-state index in [1.165, 1.54) is 25.9 Å². The third-order valence-corrected chi connectivity index (χ3v) is 4.33. The zero-order valence-electron chi connectivity index (χ0n) is 13.2. The van der Waals surface area contributed by atoms with Crippen LogP contribution in [0.25, 0.3) is 0 Å². The molecular formula is C17H27ClNO2+. The van der Waals surface area contributed by atoms with Crippen molar-refractivity contribution in [3.63, 3.8) is 0 Å². The van der Waals surface area contributed by atoms with Gasteiger partial charge in [0.1, 0.15) is 18.9 Å². The Morgan fingerprint density at radius 3 is 2.90 bits per heavy atom. The van der Waals surface area contributed by atoms with Crippen LogP contribution >= 0.6 is 11.6 Å². The highest BCUT2D eigenvalue weighted by Crippen LogP contribution is 2.24. The minimum absolute atomic E-state index is 0.550. The van der Waals surface area contributed by atoms with Gasteiger partial charge in [-0.15, -0.1) is 0 Å². The van der Waals surface area contributed by atoms with Crippen LogP contribution in [-0.2, 0) is 4.74 Å². The third kappa shape index (κ3) is 5.85. The van der Waals surface area contributed by atoms with Gasteiger partial charge in [0.25, 0.3) is 0 Å². The molecule has 2 atom stereocenters. The van der Waals surface area contributed by atoms with Gasteiger partial charge in [0.05, 0.1) is 31.3 Å². The Labute approximate surface area is 133 Å². The number of benzene rings is 1. The number of quaternary nitrogens is 1. The van der Waals surface area contributed by atoms with Crippen LogP contribution in [0.2, 0.25) is 5.02 Å². The predicted molar refractivity (Wildman–Crippen MR) is 86.5 cm³/mol. The number of hydrogen-bond acceptors (Lipinski definition) is 2. The van der Waals surface area contributed by atoms with Gasteiger partial charge in [-0.1, -0.05) is 24.6 Å². The fourth-order valence-corrected chi connectivity index (χ4v) is 3.17. The molecule has 0 aliphatic carbocycles. The molecular weight excluding hydrogens is 286 g/mol. The van der Waals surface area contributed by atoms with Crippen molar-refractivity contribution in [2.75, 3.05) is 39.5 Å². The zero-order valence-corrected chi connectivity index (χ0v) is 13.9. The van der Waals surface area contributed by atoms with Crippen LogP contribution in [0.4, 0.5) is 0 Å². The number of rotatable bonds is 7. The lowest BCUT2D eigenvalue weighted by Gasteiger charge is -2.27. The van der Waals surface area contributed by atoms with Crippen LogP contribution in [-0.4, -0.2) is 39.5 Å². The van der Waals surface area contributed by atoms with E-state index < -0.39 is 0 Å². The fraction of sp³-hybridized carbons (Fsp3) is 0.647. The van der Waals surface area contributed by atoms with Crippen molar-refractivity contribution in [1.82, 2.24) is 0 Å². The highest BCUT2D eigenvalue weighted by molar-refractivity contribution is 6.32. The van der Waals surface area contributed by atoms with Crippen LogP contribution in [0.3, 0.4) is 0 Å². The van der Waals surface area contributed by atoms with Crippen molar-refractivity contribution in [3.05, 3.63) is 28.8 Å². The van der Waals surface area contributed by atoms with Crippen LogP contribution < -0.4 is 9.64 Å². The van der Waals surface area contributed by atoms with E-state index in [4.69, 9.17) is 21.1 Å². The molecule has 1 aliphatic heterocycles. The topological polar surface area (TPSA) is 22.9 Å². The molecule has 1 aromatic carbocycles. The molecule has 1 heterocycles. The van der Waals surface area contributed by atoms with Crippen LogP contribution in [0.15, 0.2) is 18.2 Å². The SMILES string of the molecule is Cc1ccc(OCCOCC[NH+]2CCC[C@H](C)C2)c(Cl)c1. The third-order valence-electron chi connectivity index (χ3n) is 4.04. The molecule has 0 saturated carbocycles. The lowest BCUT2D eigenvalue weighted by molar-refractivity contribution is -0.908. The highest BCUT2D eigenvalue weighted by Gasteiger charge is 2.18. The zero-order chi connectivity index (χ0) is 15.1. The molecule has 0 aromatic heterocycles. The van der Waals surface area contributed by atoms with Gasteiger partial charge in [-0.3, -0.25) is 0 Å². The van der Waals surface area contributed by atoms with E-state index in [9.17, 15) is 0 Å². The number of piperidine rings is 1. The summed E-state index contributed by atoms with van der Waals surface area (Å²) in [6, 6.07) is 5.83. The first-order valence-electron chi connectivity index (χ1n) is 7.95. The predicted octanol–water partition coefficient (Wildman–Crippen LogP) is 2.36. The largest absolute Gasteiger partial charge is 0.490 e. The number of nitrogens with one attached hydrogen (secondary N) is 1. The summed E-state index contributed by atoms with van der Waals surface area (Å²) in [7, 11) is 0. The Kier molecular flexibility index (Phi) is 6.81. The summed E-state index contributed by atoms with van der Waals surface area (Å²) >= 11 is 6.12. The van der Waals surface area contributed by atoms with Gasteiger partial charge in [-0.25, -0.2) is 0 Å². The molecule has 1 unspecified atom stereocenters. The molecule has 0 radical (unpaired) electrons. The molecule has 21 heavy (non-hydrogen) atoms. The summed E-state index contributed by atoms with van der Waals surface area (Å²) < 4.78 is 11.3. The van der Waals surface area contributed by atoms with Crippen molar-refractivity contribution in [3.8, 4) is 5.75 Å². The number of hydrogen-bond donors (Lipinski definition) is 1. The Morgan fingerprint density at radius 2 is 2.14 bits per heavy atom. The molecule has 1 fully saturated rings. The fourth-order valence-electron chi connectivity index (χ4n) is 2.88. The summed E-state index contributed by atoms with van der Waals surface area (Å²) in [4.78, 5) is 1.68. The van der Waals surface area contributed by atoms with Crippen molar-refractivity contribution in [1.29, 1.82) is 0 Å². The summed E-state index contributed by atoms with van der Waals surface area (Å²) in [5.41, 5.74) is 1.14. The number of ether oxygens (including phenoxy) is 2. The minimum atomic E-state index is 0.550. The van der Waals surface area contributed by atoms with Crippen molar-refractivity contribution >= 4 is 11.6 Å². The summed E-state index contributed by atoms with van der Waals surface area (Å²) in [5, 5.41) is 0.668. The van der Waals surface area contributed by atoms with Crippen molar-refractivity contribution in [2.45, 2.75) is 26.7 Å². The van der Waals surface area contributed by atoms with Gasteiger partial charge < -0.3 is 14.4 Å². The van der Waals surface area contributed by atoms with E-state index in [0.29, 0.717) is 18.2 Å². The number of likely N-dealkylation sites (tertiary alicyclic amines) is 1. The first-order valence-corrected chi connectivity index (χ1v) is 8.33. The monoisotopic (exact) mass is 312 g/mol. The normalized spacial score (nSPS) is 22.2. The average Bonchev–Trinajstić information content (AvgIpc) is 2.44. The molecule has 1 N–H and O–H groups in total. The quantitative estimate of drug-likeness (QED) is 0.781. The smallest absolute Gasteiger partial charge is 0.138 e. The molecule has 0 spiro atoms. The number of halogens is 1. The minimum Gasteiger partial charge on any atom is -0.490 e. The second-order valence-electron chi connectivity index (χ2n) is 6.10. The van der Waals surface area contributed by atoms with Crippen LogP contribution in [0.5, 0.6) is 5.75 Å². The lowest BCUT2D eigenvalue weighted by Crippen LogP contribution is -3.14. The van der Waals surface area contributed by atoms with Gasteiger partial charge in [0, 0.05) is 5.92 Å². The second kappa shape index (κ2) is 8.62. The Balaban J connectivity index is 1.55. The first-order chi connectivity index (χ1) is 10.1. The van der Waals surface area contributed by atoms with Gasteiger partial charge in [0.2, 0.25) is 0 Å². The molecule has 4 heteroatoms. The summed E-state index contributed by atoms with van der Waals surface area (Å²) in [5.74, 6) is 1.60. The van der Waals surface area contributed by atoms with Crippen molar-refractivity contribution in [2.24, 2.45) is 5.92 Å². The van der Waals surface area contributed by atoms with Crippen LogP contribution in [0, 0.1) is 12.8 Å². The Hall–Kier alpha value is -0.770. The molecule has 0 bridgehead atoms. The standard InChI is InChI=1S/C17H26ClNO2/c1-14-5-6-17(16(18)12-14)21-11-10-20-9-8-19-7-3-4-15(2)13-19/h5-6,12,15H,3-4,7-11,13H2,1-2H3/p+1/t15-/m0/s1. The lowest BCUT2D eigenvalue weighted by atomic mass is 10.0. The van der Waals surface area contributed by atoms with E-state index >= 15 is 0 Å². The van der Waals surface area contributed by atoms with Gasteiger partial charge in [0.15, 0.2) is 0 Å². The molecule has 1 aromatic rings. The highest BCUT2D eigenvalue weighted by atomic mass is 35.5. The molecule has 1 aliphatic rings. The van der Waals surface area contributed by atoms with Crippen LogP contribution in [0.1, 0.15) is 25.3 Å². The van der Waals surface area contributed by atoms with E-state index in [-0.39, 0.29) is 0 Å². The molecule has 0 amide bonds. The van der Waals surface area contributed by atoms with Gasteiger partial charge in [-0.05, 0) is 37.5 Å². The molecule has 3 nitrogen and oxygen atoms in total. The second-order valence-corrected chi connectivity index (χ2v) is 6.50. The van der Waals surface area contributed by atoms with E-state index in [0.717, 1.165) is 30.4 Å². The first kappa shape index (κ1) is 16.6. The molecule has 2 rings (SSSR count). The number of aryl methyl sites for hydroxylation is 1. The maximum atomic E-state index is 6.12. The molecule has 118 valence electrons. The Bertz CT molecular complexity index is 439. The summed E-state index contributed by atoms with van der Waals surface area (Å²) in [6.07, 6.45) is 2.74. The van der Waals surface area contributed by atoms with Crippen molar-refractivity contribution < 1.29 is 14.4 Å². The van der Waals surface area contributed by atoms with E-state index in [1.807, 2.05) is 25.1 Å². The maximum Gasteiger partial charge on any atom is 0.138 e. The maximum absolute atomic E-state index is 6.12. The average molecular weight is 313 g/mol. The summed E-state index contributed by atoms with van der Waals surface area (Å²) in [6.45, 7) is 10.0. The molecule has 1 saturated heterocycles. The van der Waals surface area contributed by atoms with Gasteiger partial charge in [-0.2, -0.15) is 0 Å². The van der Waals surface area contributed by atoms with Gasteiger partial charge >= 0.3 is 0 Å². The van der Waals surface area contributed by atoms with E-state index in [1.54, 1.807) is 4.90 Å².